The van der Waals surface area contributed by atoms with Gasteiger partial charge >= 0.3 is 0 Å². The molecule has 10 heteroatoms. The summed E-state index contributed by atoms with van der Waals surface area (Å²) in [6, 6.07) is 5.60. The third kappa shape index (κ3) is 5.88. The number of hydrogen-bond acceptors (Lipinski definition) is 6. The predicted molar refractivity (Wildman–Crippen MR) is 112 cm³/mol. The van der Waals surface area contributed by atoms with Gasteiger partial charge in [-0.3, -0.25) is 28.9 Å². The van der Waals surface area contributed by atoms with E-state index >= 15 is 0 Å². The minimum absolute atomic E-state index is 0.0709. The highest BCUT2D eigenvalue weighted by Crippen LogP contribution is 2.14. The minimum atomic E-state index is -0.881. The maximum atomic E-state index is 12.9. The van der Waals surface area contributed by atoms with Gasteiger partial charge in [-0.15, -0.1) is 0 Å². The van der Waals surface area contributed by atoms with Crippen LogP contribution in [-0.4, -0.2) is 96.5 Å². The Morgan fingerprint density at radius 2 is 1.77 bits per heavy atom. The van der Waals surface area contributed by atoms with Crippen LogP contribution in [0.4, 0.5) is 5.69 Å². The zero-order valence-electron chi connectivity index (χ0n) is 17.5. The first-order valence-electron chi connectivity index (χ1n) is 10.3. The fourth-order valence-electron chi connectivity index (χ4n) is 3.70. The molecule has 0 aromatic heterocycles. The summed E-state index contributed by atoms with van der Waals surface area (Å²) < 4.78 is 0. The highest BCUT2D eigenvalue weighted by atomic mass is 16.2. The molecule has 3 rings (SSSR count). The molecule has 0 saturated carbocycles. The van der Waals surface area contributed by atoms with Crippen LogP contribution in [0, 0.1) is 0 Å². The monoisotopic (exact) mass is 429 g/mol. The molecule has 2 saturated heterocycles. The molecule has 1 aromatic carbocycles. The fourth-order valence-corrected chi connectivity index (χ4v) is 3.70. The van der Waals surface area contributed by atoms with E-state index in [9.17, 15) is 24.0 Å². The molecule has 0 spiro atoms. The molecular formula is C21H27N5O5. The van der Waals surface area contributed by atoms with Gasteiger partial charge in [0.05, 0.1) is 13.0 Å². The maximum absolute atomic E-state index is 12.9. The zero-order chi connectivity index (χ0) is 22.4. The van der Waals surface area contributed by atoms with Gasteiger partial charge < -0.3 is 20.4 Å². The normalized spacial score (nSPS) is 19.5. The van der Waals surface area contributed by atoms with Crippen LogP contribution in [0.5, 0.6) is 0 Å². The van der Waals surface area contributed by atoms with Crippen molar-refractivity contribution in [1.82, 2.24) is 20.0 Å². The first-order valence-corrected chi connectivity index (χ1v) is 10.3. The predicted octanol–water partition coefficient (Wildman–Crippen LogP) is -0.681. The third-order valence-corrected chi connectivity index (χ3v) is 5.52. The Morgan fingerprint density at radius 3 is 2.39 bits per heavy atom. The number of benzene rings is 1. The summed E-state index contributed by atoms with van der Waals surface area (Å²) in [5, 5.41) is 5.42. The molecule has 0 bridgehead atoms. The number of amides is 4. The number of carbonyl (C=O) groups is 5. The first kappa shape index (κ1) is 22.4. The highest BCUT2D eigenvalue weighted by molar-refractivity contribution is 5.98. The van der Waals surface area contributed by atoms with Crippen LogP contribution in [0.2, 0.25) is 0 Å². The van der Waals surface area contributed by atoms with Crippen molar-refractivity contribution in [2.45, 2.75) is 19.4 Å². The van der Waals surface area contributed by atoms with Gasteiger partial charge in [0.25, 0.3) is 0 Å². The van der Waals surface area contributed by atoms with E-state index < -0.39 is 11.9 Å². The zero-order valence-corrected chi connectivity index (χ0v) is 17.5. The van der Waals surface area contributed by atoms with Gasteiger partial charge in [-0.05, 0) is 31.2 Å². The van der Waals surface area contributed by atoms with Gasteiger partial charge in [-0.25, -0.2) is 0 Å². The highest BCUT2D eigenvalue weighted by Gasteiger charge is 2.35. The molecule has 0 aliphatic carbocycles. The lowest BCUT2D eigenvalue weighted by molar-refractivity contribution is -0.145. The Bertz CT molecular complexity index is 848. The summed E-state index contributed by atoms with van der Waals surface area (Å²) in [5.74, 6) is -1.03. The Balaban J connectivity index is 1.58. The molecule has 4 amide bonds. The summed E-state index contributed by atoms with van der Waals surface area (Å²) in [6.45, 7) is 4.58. The van der Waals surface area contributed by atoms with Gasteiger partial charge in [-0.1, -0.05) is 0 Å². The van der Waals surface area contributed by atoms with Crippen molar-refractivity contribution in [3.05, 3.63) is 29.8 Å². The number of nitrogens with zero attached hydrogens (tertiary/aromatic N) is 3. The second kappa shape index (κ2) is 10.2. The van der Waals surface area contributed by atoms with E-state index in [-0.39, 0.29) is 30.6 Å². The van der Waals surface area contributed by atoms with E-state index in [1.54, 1.807) is 29.2 Å². The number of carbonyl (C=O) groups excluding carboxylic acids is 5. The molecule has 2 fully saturated rings. The number of Topliss-reactive ketones (excluding diaryl/α,β-unsaturated/α-hetero) is 1. The Labute approximate surface area is 180 Å². The number of anilines is 1. The number of rotatable bonds is 7. The van der Waals surface area contributed by atoms with Crippen molar-refractivity contribution in [1.29, 1.82) is 0 Å². The number of nitrogens with one attached hydrogen (secondary N) is 2. The Morgan fingerprint density at radius 1 is 1.10 bits per heavy atom. The molecule has 1 aromatic rings. The lowest BCUT2D eigenvalue weighted by Gasteiger charge is -2.37. The number of ketones is 1. The first-order chi connectivity index (χ1) is 14.9. The lowest BCUT2D eigenvalue weighted by atomic mass is 10.1. The van der Waals surface area contributed by atoms with E-state index in [1.165, 1.54) is 11.8 Å². The molecule has 0 radical (unpaired) electrons. The van der Waals surface area contributed by atoms with Crippen molar-refractivity contribution >= 4 is 35.6 Å². The lowest BCUT2D eigenvalue weighted by Crippen LogP contribution is -2.60. The van der Waals surface area contributed by atoms with Crippen molar-refractivity contribution in [3.8, 4) is 0 Å². The molecule has 1 atom stereocenters. The summed E-state index contributed by atoms with van der Waals surface area (Å²) in [4.78, 5) is 65.1. The van der Waals surface area contributed by atoms with Gasteiger partial charge in [0.15, 0.2) is 5.78 Å². The van der Waals surface area contributed by atoms with Crippen LogP contribution in [0.15, 0.2) is 24.3 Å². The largest absolute Gasteiger partial charge is 0.353 e. The molecule has 2 N–H and O–H groups in total. The van der Waals surface area contributed by atoms with E-state index in [1.807, 2.05) is 4.90 Å². The van der Waals surface area contributed by atoms with Gasteiger partial charge in [-0.2, -0.15) is 0 Å². The Hall–Kier alpha value is -3.27. The van der Waals surface area contributed by atoms with Crippen LogP contribution in [-0.2, 0) is 19.2 Å². The quantitative estimate of drug-likeness (QED) is 0.438. The van der Waals surface area contributed by atoms with Crippen molar-refractivity contribution in [2.75, 3.05) is 51.1 Å². The number of piperazine rings is 2. The molecular weight excluding hydrogens is 402 g/mol. The topological polar surface area (TPSA) is 119 Å². The van der Waals surface area contributed by atoms with Crippen LogP contribution >= 0.6 is 0 Å². The third-order valence-electron chi connectivity index (χ3n) is 5.52. The van der Waals surface area contributed by atoms with Crippen LogP contribution in [0.1, 0.15) is 23.7 Å². The van der Waals surface area contributed by atoms with Crippen molar-refractivity contribution < 1.29 is 24.0 Å². The van der Waals surface area contributed by atoms with E-state index in [4.69, 9.17) is 0 Å². The number of hydrogen-bond donors (Lipinski definition) is 2. The van der Waals surface area contributed by atoms with E-state index in [0.717, 1.165) is 6.41 Å². The summed E-state index contributed by atoms with van der Waals surface area (Å²) >= 11 is 0. The van der Waals surface area contributed by atoms with Gasteiger partial charge in [0, 0.05) is 50.5 Å². The Kier molecular flexibility index (Phi) is 7.35. The van der Waals surface area contributed by atoms with E-state index in [0.29, 0.717) is 50.5 Å². The summed E-state index contributed by atoms with van der Waals surface area (Å²) in [6.07, 6.45) is 0.640. The minimum Gasteiger partial charge on any atom is -0.353 e. The molecule has 1 unspecified atom stereocenters. The van der Waals surface area contributed by atoms with Crippen LogP contribution in [0.25, 0.3) is 0 Å². The van der Waals surface area contributed by atoms with Crippen molar-refractivity contribution in [2.24, 2.45) is 0 Å². The average molecular weight is 429 g/mol. The van der Waals surface area contributed by atoms with Crippen LogP contribution in [0.3, 0.4) is 0 Å². The fraction of sp³-hybridized carbons (Fsp3) is 0.476. The second-order valence-corrected chi connectivity index (χ2v) is 7.70. The molecule has 31 heavy (non-hydrogen) atoms. The standard InChI is InChI=1S/C21H27N5O5/c1-15(28)16-2-4-17(5-3-16)23-19(29)12-18-21(31)22-6-7-26(18)20(30)13-24-8-10-25(14-27)11-9-24/h2-5,14,18H,6-13H2,1H3,(H,22,31)(H,23,29). The summed E-state index contributed by atoms with van der Waals surface area (Å²) in [5.41, 5.74) is 1.05. The van der Waals surface area contributed by atoms with Crippen LogP contribution < -0.4 is 10.6 Å². The van der Waals surface area contributed by atoms with Gasteiger partial charge in [0.1, 0.15) is 6.04 Å². The maximum Gasteiger partial charge on any atom is 0.243 e. The average Bonchev–Trinajstić information content (AvgIpc) is 2.76. The summed E-state index contributed by atoms with van der Waals surface area (Å²) in [7, 11) is 0. The molecule has 2 aliphatic heterocycles. The van der Waals surface area contributed by atoms with Crippen molar-refractivity contribution in [3.63, 3.8) is 0 Å². The molecule has 2 aliphatic rings. The smallest absolute Gasteiger partial charge is 0.243 e. The van der Waals surface area contributed by atoms with Gasteiger partial charge in [0.2, 0.25) is 24.1 Å². The molecule has 2 heterocycles. The molecule has 10 nitrogen and oxygen atoms in total. The van der Waals surface area contributed by atoms with E-state index in [2.05, 4.69) is 10.6 Å². The SMILES string of the molecule is CC(=O)c1ccc(NC(=O)CC2C(=O)NCCN2C(=O)CN2CCN(C=O)CC2)cc1. The molecule has 166 valence electrons. The second-order valence-electron chi connectivity index (χ2n) is 7.70.